The second-order valence-corrected chi connectivity index (χ2v) is 6.25. The first-order chi connectivity index (χ1) is 12.8. The predicted molar refractivity (Wildman–Crippen MR) is 98.2 cm³/mol. The highest BCUT2D eigenvalue weighted by Crippen LogP contribution is 2.28. The zero-order valence-corrected chi connectivity index (χ0v) is 14.2. The molecule has 0 radical (unpaired) electrons. The molecular formula is C18H13N5O2S. The average molecular weight is 363 g/mol. The molecule has 128 valence electrons. The number of benzene rings is 1. The van der Waals surface area contributed by atoms with Gasteiger partial charge in [0, 0.05) is 12.4 Å². The van der Waals surface area contributed by atoms with Gasteiger partial charge in [-0.25, -0.2) is 10.4 Å². The summed E-state index contributed by atoms with van der Waals surface area (Å²) in [5.74, 6) is 0.188. The minimum Gasteiger partial charge on any atom is -0.448 e. The summed E-state index contributed by atoms with van der Waals surface area (Å²) in [7, 11) is 0. The van der Waals surface area contributed by atoms with E-state index in [4.69, 9.17) is 4.42 Å². The van der Waals surface area contributed by atoms with E-state index < -0.39 is 0 Å². The standard InChI is InChI=1S/C18H13N5O2S/c24-17(12-4-3-9-19-10-12)23-20-11-13-7-8-16(25-13)26-18-21-14-5-1-2-6-15(14)22-18/h1-11H,(H,21,22)(H,23,24)/b20-11+. The number of rotatable bonds is 5. The Morgan fingerprint density at radius 1 is 1.19 bits per heavy atom. The molecule has 0 saturated carbocycles. The summed E-state index contributed by atoms with van der Waals surface area (Å²) in [4.78, 5) is 23.5. The van der Waals surface area contributed by atoms with Crippen molar-refractivity contribution in [2.45, 2.75) is 10.2 Å². The van der Waals surface area contributed by atoms with E-state index in [2.05, 4.69) is 25.5 Å². The van der Waals surface area contributed by atoms with Crippen molar-refractivity contribution < 1.29 is 9.21 Å². The van der Waals surface area contributed by atoms with Gasteiger partial charge in [-0.2, -0.15) is 5.10 Å². The number of carbonyl (C=O) groups is 1. The number of furan rings is 1. The van der Waals surface area contributed by atoms with Crippen LogP contribution < -0.4 is 5.43 Å². The van der Waals surface area contributed by atoms with Gasteiger partial charge in [-0.3, -0.25) is 9.78 Å². The molecule has 3 heterocycles. The molecule has 1 aromatic carbocycles. The predicted octanol–water partition coefficient (Wildman–Crippen LogP) is 3.47. The molecule has 0 saturated heterocycles. The topological polar surface area (TPSA) is 96.2 Å². The van der Waals surface area contributed by atoms with Gasteiger partial charge in [-0.15, -0.1) is 0 Å². The van der Waals surface area contributed by atoms with Crippen molar-refractivity contribution in [1.82, 2.24) is 20.4 Å². The second kappa shape index (κ2) is 7.24. The molecule has 3 aromatic heterocycles. The molecule has 0 aliphatic heterocycles. The van der Waals surface area contributed by atoms with Crippen molar-refractivity contribution in [1.29, 1.82) is 0 Å². The number of imidazole rings is 1. The van der Waals surface area contributed by atoms with E-state index in [-0.39, 0.29) is 5.91 Å². The van der Waals surface area contributed by atoms with Crippen LogP contribution in [0.25, 0.3) is 11.0 Å². The number of H-pyrrole nitrogens is 1. The Hall–Kier alpha value is -3.39. The largest absolute Gasteiger partial charge is 0.448 e. The Balaban J connectivity index is 1.39. The van der Waals surface area contributed by atoms with E-state index in [0.29, 0.717) is 16.4 Å². The lowest BCUT2D eigenvalue weighted by molar-refractivity contribution is 0.0954. The third-order valence-corrected chi connectivity index (χ3v) is 4.26. The molecule has 0 bridgehead atoms. The normalized spacial score (nSPS) is 11.2. The Bertz CT molecular complexity index is 1040. The van der Waals surface area contributed by atoms with Crippen LogP contribution in [0.15, 0.2) is 80.7 Å². The number of aromatic nitrogens is 3. The molecule has 2 N–H and O–H groups in total. The Labute approximate surface area is 152 Å². The van der Waals surface area contributed by atoms with Crippen LogP contribution >= 0.6 is 11.8 Å². The molecule has 4 aromatic rings. The van der Waals surface area contributed by atoms with Crippen LogP contribution in [0.5, 0.6) is 0 Å². The summed E-state index contributed by atoms with van der Waals surface area (Å²) in [5, 5.41) is 5.31. The molecule has 26 heavy (non-hydrogen) atoms. The van der Waals surface area contributed by atoms with Crippen LogP contribution in [-0.4, -0.2) is 27.1 Å². The van der Waals surface area contributed by atoms with Gasteiger partial charge < -0.3 is 9.40 Å². The van der Waals surface area contributed by atoms with E-state index in [1.807, 2.05) is 30.3 Å². The summed E-state index contributed by atoms with van der Waals surface area (Å²) in [5.41, 5.74) is 4.74. The number of para-hydroxylation sites is 2. The molecule has 0 unspecified atom stereocenters. The van der Waals surface area contributed by atoms with Crippen LogP contribution in [0.4, 0.5) is 0 Å². The summed E-state index contributed by atoms with van der Waals surface area (Å²) < 4.78 is 5.66. The van der Waals surface area contributed by atoms with Crippen molar-refractivity contribution in [2.75, 3.05) is 0 Å². The van der Waals surface area contributed by atoms with E-state index in [9.17, 15) is 4.79 Å². The Morgan fingerprint density at radius 2 is 2.12 bits per heavy atom. The maximum atomic E-state index is 11.9. The molecule has 0 spiro atoms. The van der Waals surface area contributed by atoms with Crippen LogP contribution in [0.1, 0.15) is 16.1 Å². The third kappa shape index (κ3) is 3.65. The Kier molecular flexibility index (Phi) is 4.48. The molecule has 0 aliphatic carbocycles. The summed E-state index contributed by atoms with van der Waals surface area (Å²) in [6, 6.07) is 14.8. The number of carbonyl (C=O) groups excluding carboxylic acids is 1. The first-order valence-corrected chi connectivity index (χ1v) is 8.55. The number of amides is 1. The molecule has 0 atom stereocenters. The maximum absolute atomic E-state index is 11.9. The van der Waals surface area contributed by atoms with E-state index in [1.54, 1.807) is 24.4 Å². The van der Waals surface area contributed by atoms with Crippen LogP contribution in [0.2, 0.25) is 0 Å². The monoisotopic (exact) mass is 363 g/mol. The van der Waals surface area contributed by atoms with Crippen LogP contribution in [-0.2, 0) is 0 Å². The summed E-state index contributed by atoms with van der Waals surface area (Å²) in [6.45, 7) is 0. The number of pyridine rings is 1. The quantitative estimate of drug-likeness (QED) is 0.418. The number of nitrogens with zero attached hydrogens (tertiary/aromatic N) is 3. The fourth-order valence-corrected chi connectivity index (χ4v) is 3.02. The number of hydrazone groups is 1. The zero-order valence-electron chi connectivity index (χ0n) is 13.4. The SMILES string of the molecule is O=C(N/N=C/c1ccc(Sc2nc3ccccc3[nH]2)o1)c1cccnc1. The summed E-state index contributed by atoms with van der Waals surface area (Å²) >= 11 is 1.38. The molecule has 0 aliphatic rings. The summed E-state index contributed by atoms with van der Waals surface area (Å²) in [6.07, 6.45) is 4.51. The highest BCUT2D eigenvalue weighted by molar-refractivity contribution is 7.99. The van der Waals surface area contributed by atoms with E-state index in [0.717, 1.165) is 16.2 Å². The molecule has 8 heteroatoms. The fraction of sp³-hybridized carbons (Fsp3) is 0. The van der Waals surface area contributed by atoms with Gasteiger partial charge in [0.1, 0.15) is 5.76 Å². The van der Waals surface area contributed by atoms with E-state index in [1.165, 1.54) is 24.2 Å². The first-order valence-electron chi connectivity index (χ1n) is 7.74. The lowest BCUT2D eigenvalue weighted by atomic mass is 10.3. The van der Waals surface area contributed by atoms with Gasteiger partial charge in [0.25, 0.3) is 5.91 Å². The van der Waals surface area contributed by atoms with Crippen molar-refractivity contribution in [2.24, 2.45) is 5.10 Å². The fourth-order valence-electron chi connectivity index (χ4n) is 2.25. The van der Waals surface area contributed by atoms with Gasteiger partial charge in [0.05, 0.1) is 22.8 Å². The zero-order chi connectivity index (χ0) is 17.8. The number of hydrogen-bond donors (Lipinski definition) is 2. The number of aromatic amines is 1. The second-order valence-electron chi connectivity index (χ2n) is 5.26. The van der Waals surface area contributed by atoms with Crippen molar-refractivity contribution >= 4 is 34.9 Å². The van der Waals surface area contributed by atoms with Gasteiger partial charge >= 0.3 is 0 Å². The third-order valence-electron chi connectivity index (χ3n) is 3.45. The van der Waals surface area contributed by atoms with Gasteiger partial charge in [-0.05, 0) is 48.2 Å². The highest BCUT2D eigenvalue weighted by Gasteiger charge is 2.08. The molecule has 0 fully saturated rings. The lowest BCUT2D eigenvalue weighted by Crippen LogP contribution is -2.17. The van der Waals surface area contributed by atoms with Crippen LogP contribution in [0, 0.1) is 0 Å². The van der Waals surface area contributed by atoms with Crippen LogP contribution in [0.3, 0.4) is 0 Å². The van der Waals surface area contributed by atoms with Gasteiger partial charge in [0.2, 0.25) is 0 Å². The minimum absolute atomic E-state index is 0.335. The average Bonchev–Trinajstić information content (AvgIpc) is 3.28. The van der Waals surface area contributed by atoms with Crippen molar-refractivity contribution in [3.8, 4) is 0 Å². The van der Waals surface area contributed by atoms with Gasteiger partial charge in [0.15, 0.2) is 10.2 Å². The smallest absolute Gasteiger partial charge is 0.272 e. The lowest BCUT2D eigenvalue weighted by Gasteiger charge is -1.97. The molecule has 7 nitrogen and oxygen atoms in total. The molecule has 4 rings (SSSR count). The minimum atomic E-state index is -0.335. The van der Waals surface area contributed by atoms with Gasteiger partial charge in [-0.1, -0.05) is 12.1 Å². The highest BCUT2D eigenvalue weighted by atomic mass is 32.2. The number of hydrogen-bond acceptors (Lipinski definition) is 6. The Morgan fingerprint density at radius 3 is 2.96 bits per heavy atom. The number of nitrogens with one attached hydrogen (secondary N) is 2. The van der Waals surface area contributed by atoms with Crippen molar-refractivity contribution in [3.63, 3.8) is 0 Å². The molecular weight excluding hydrogens is 350 g/mol. The molecule has 1 amide bonds. The maximum Gasteiger partial charge on any atom is 0.272 e. The first kappa shape index (κ1) is 16.1. The van der Waals surface area contributed by atoms with E-state index >= 15 is 0 Å². The van der Waals surface area contributed by atoms with Crippen molar-refractivity contribution in [3.05, 3.63) is 72.2 Å². The number of fused-ring (bicyclic) bond motifs is 1.